The molecule has 1 fully saturated rings. The summed E-state index contributed by atoms with van der Waals surface area (Å²) in [5, 5.41) is 0. The van der Waals surface area contributed by atoms with Crippen LogP contribution in [0.4, 0.5) is 5.69 Å². The molecule has 2 rings (SSSR count). The van der Waals surface area contributed by atoms with Gasteiger partial charge in [-0.15, -0.1) is 0 Å². The van der Waals surface area contributed by atoms with Crippen LogP contribution in [0.2, 0.25) is 0 Å². The Hall–Kier alpha value is -1.55. The molecule has 1 aromatic rings. The number of anilines is 1. The number of hydrogen-bond acceptors (Lipinski definition) is 3. The van der Waals surface area contributed by atoms with E-state index in [1.54, 1.807) is 0 Å². The molecular formula is C13H19N3O. The van der Waals surface area contributed by atoms with E-state index in [9.17, 15) is 4.79 Å². The molecule has 0 bridgehead atoms. The summed E-state index contributed by atoms with van der Waals surface area (Å²) in [6, 6.07) is 7.88. The zero-order valence-corrected chi connectivity index (χ0v) is 9.93. The Balaban J connectivity index is 1.97. The summed E-state index contributed by atoms with van der Waals surface area (Å²) in [4.78, 5) is 13.5. The van der Waals surface area contributed by atoms with Crippen LogP contribution in [0.1, 0.15) is 18.4 Å². The van der Waals surface area contributed by atoms with Crippen molar-refractivity contribution in [3.63, 3.8) is 0 Å². The molecule has 1 aliphatic rings. The monoisotopic (exact) mass is 233 g/mol. The van der Waals surface area contributed by atoms with Crippen LogP contribution in [0.15, 0.2) is 24.3 Å². The Morgan fingerprint density at radius 1 is 1.47 bits per heavy atom. The first-order valence-corrected chi connectivity index (χ1v) is 6.01. The van der Waals surface area contributed by atoms with E-state index in [0.29, 0.717) is 0 Å². The van der Waals surface area contributed by atoms with E-state index in [4.69, 9.17) is 11.5 Å². The third-order valence-corrected chi connectivity index (χ3v) is 3.27. The van der Waals surface area contributed by atoms with Gasteiger partial charge in [0.05, 0.1) is 5.92 Å². The molecule has 1 aromatic carbocycles. The van der Waals surface area contributed by atoms with Gasteiger partial charge in [0.15, 0.2) is 0 Å². The molecule has 4 N–H and O–H groups in total. The Kier molecular flexibility index (Phi) is 3.64. The van der Waals surface area contributed by atoms with Gasteiger partial charge in [0.1, 0.15) is 0 Å². The van der Waals surface area contributed by atoms with Crippen LogP contribution in [0.3, 0.4) is 0 Å². The molecule has 1 heterocycles. The molecule has 4 nitrogen and oxygen atoms in total. The van der Waals surface area contributed by atoms with Crippen molar-refractivity contribution in [3.8, 4) is 0 Å². The molecule has 0 aromatic heterocycles. The Bertz CT molecular complexity index is 405. The van der Waals surface area contributed by atoms with Crippen LogP contribution in [0.25, 0.3) is 0 Å². The number of likely N-dealkylation sites (tertiary alicyclic amines) is 1. The van der Waals surface area contributed by atoms with Gasteiger partial charge in [-0.05, 0) is 37.1 Å². The van der Waals surface area contributed by atoms with Crippen molar-refractivity contribution >= 4 is 11.6 Å². The summed E-state index contributed by atoms with van der Waals surface area (Å²) in [5.74, 6) is -0.174. The highest BCUT2D eigenvalue weighted by atomic mass is 16.1. The minimum absolute atomic E-state index is 0.00445. The van der Waals surface area contributed by atoms with Gasteiger partial charge in [0, 0.05) is 18.8 Å². The van der Waals surface area contributed by atoms with Crippen LogP contribution in [-0.4, -0.2) is 23.9 Å². The molecular weight excluding hydrogens is 214 g/mol. The summed E-state index contributed by atoms with van der Waals surface area (Å²) in [6.07, 6.45) is 1.96. The number of nitrogens with zero attached hydrogens (tertiary/aromatic N) is 1. The lowest BCUT2D eigenvalue weighted by atomic mass is 9.97. The first kappa shape index (κ1) is 11.9. The summed E-state index contributed by atoms with van der Waals surface area (Å²) in [6.45, 7) is 2.64. The van der Waals surface area contributed by atoms with Gasteiger partial charge in [-0.1, -0.05) is 12.1 Å². The summed E-state index contributed by atoms with van der Waals surface area (Å²) >= 11 is 0. The van der Waals surface area contributed by atoms with Crippen molar-refractivity contribution in [2.75, 3.05) is 18.8 Å². The SMILES string of the molecule is NC(=O)[C@H]1CCCN(Cc2cccc(N)c2)C1. The maximum absolute atomic E-state index is 11.2. The number of primary amides is 1. The average molecular weight is 233 g/mol. The van der Waals surface area contributed by atoms with Gasteiger partial charge in [-0.2, -0.15) is 0 Å². The molecule has 0 radical (unpaired) electrons. The Morgan fingerprint density at radius 3 is 3.00 bits per heavy atom. The van der Waals surface area contributed by atoms with Crippen molar-refractivity contribution in [2.45, 2.75) is 19.4 Å². The molecule has 4 heteroatoms. The predicted molar refractivity (Wildman–Crippen MR) is 68.0 cm³/mol. The normalized spacial score (nSPS) is 21.3. The molecule has 1 aliphatic heterocycles. The topological polar surface area (TPSA) is 72.4 Å². The fraction of sp³-hybridized carbons (Fsp3) is 0.462. The zero-order chi connectivity index (χ0) is 12.3. The predicted octanol–water partition coefficient (Wildman–Crippen LogP) is 0.966. The fourth-order valence-corrected chi connectivity index (χ4v) is 2.38. The maximum Gasteiger partial charge on any atom is 0.221 e. The number of hydrogen-bond donors (Lipinski definition) is 2. The smallest absolute Gasteiger partial charge is 0.221 e. The standard InChI is InChI=1S/C13H19N3O/c14-12-5-1-3-10(7-12)8-16-6-2-4-11(9-16)13(15)17/h1,3,5,7,11H,2,4,6,8-9,14H2,(H2,15,17)/t11-/m0/s1. The summed E-state index contributed by atoms with van der Waals surface area (Å²) in [5.41, 5.74) is 13.1. The van der Waals surface area contributed by atoms with Crippen LogP contribution in [-0.2, 0) is 11.3 Å². The molecule has 92 valence electrons. The Labute approximate surface area is 102 Å². The van der Waals surface area contributed by atoms with Crippen molar-refractivity contribution < 1.29 is 4.79 Å². The largest absolute Gasteiger partial charge is 0.399 e. The molecule has 1 saturated heterocycles. The second kappa shape index (κ2) is 5.19. The van der Waals surface area contributed by atoms with E-state index in [1.807, 2.05) is 18.2 Å². The molecule has 0 unspecified atom stereocenters. The third kappa shape index (κ3) is 3.20. The maximum atomic E-state index is 11.2. The number of nitrogen functional groups attached to an aromatic ring is 1. The van der Waals surface area contributed by atoms with Crippen LogP contribution < -0.4 is 11.5 Å². The van der Waals surface area contributed by atoms with Gasteiger partial charge in [0.2, 0.25) is 5.91 Å². The van der Waals surface area contributed by atoms with E-state index in [-0.39, 0.29) is 11.8 Å². The lowest BCUT2D eigenvalue weighted by molar-refractivity contribution is -0.123. The van der Waals surface area contributed by atoms with E-state index in [2.05, 4.69) is 11.0 Å². The van der Waals surface area contributed by atoms with Crippen molar-refractivity contribution in [2.24, 2.45) is 11.7 Å². The first-order chi connectivity index (χ1) is 8.15. The number of piperidine rings is 1. The van der Waals surface area contributed by atoms with E-state index >= 15 is 0 Å². The van der Waals surface area contributed by atoms with Gasteiger partial charge in [0.25, 0.3) is 0 Å². The number of benzene rings is 1. The zero-order valence-electron chi connectivity index (χ0n) is 9.93. The van der Waals surface area contributed by atoms with E-state index in [0.717, 1.165) is 38.2 Å². The first-order valence-electron chi connectivity index (χ1n) is 6.01. The fourth-order valence-electron chi connectivity index (χ4n) is 2.38. The summed E-state index contributed by atoms with van der Waals surface area (Å²) in [7, 11) is 0. The quantitative estimate of drug-likeness (QED) is 0.764. The molecule has 0 spiro atoms. The number of rotatable bonds is 3. The number of carbonyl (C=O) groups excluding carboxylic acids is 1. The summed E-state index contributed by atoms with van der Waals surface area (Å²) < 4.78 is 0. The lowest BCUT2D eigenvalue weighted by Gasteiger charge is -2.31. The Morgan fingerprint density at radius 2 is 2.29 bits per heavy atom. The average Bonchev–Trinajstić information content (AvgIpc) is 2.29. The second-order valence-corrected chi connectivity index (χ2v) is 4.72. The molecule has 0 aliphatic carbocycles. The van der Waals surface area contributed by atoms with Crippen LogP contribution in [0, 0.1) is 5.92 Å². The minimum atomic E-state index is -0.178. The van der Waals surface area contributed by atoms with Gasteiger partial charge in [-0.3, -0.25) is 9.69 Å². The van der Waals surface area contributed by atoms with Gasteiger partial charge in [-0.25, -0.2) is 0 Å². The number of carbonyl (C=O) groups is 1. The highest BCUT2D eigenvalue weighted by Crippen LogP contribution is 2.18. The lowest BCUT2D eigenvalue weighted by Crippen LogP contribution is -2.40. The molecule has 17 heavy (non-hydrogen) atoms. The van der Waals surface area contributed by atoms with Crippen molar-refractivity contribution in [1.82, 2.24) is 4.90 Å². The number of nitrogens with two attached hydrogens (primary N) is 2. The highest BCUT2D eigenvalue weighted by Gasteiger charge is 2.23. The van der Waals surface area contributed by atoms with E-state index < -0.39 is 0 Å². The molecule has 1 amide bonds. The van der Waals surface area contributed by atoms with Gasteiger partial charge < -0.3 is 11.5 Å². The number of amides is 1. The van der Waals surface area contributed by atoms with Crippen LogP contribution >= 0.6 is 0 Å². The van der Waals surface area contributed by atoms with Gasteiger partial charge >= 0.3 is 0 Å². The molecule has 1 atom stereocenters. The van der Waals surface area contributed by atoms with Crippen molar-refractivity contribution in [1.29, 1.82) is 0 Å². The van der Waals surface area contributed by atoms with Crippen molar-refractivity contribution in [3.05, 3.63) is 29.8 Å². The second-order valence-electron chi connectivity index (χ2n) is 4.72. The highest BCUT2D eigenvalue weighted by molar-refractivity contribution is 5.76. The van der Waals surface area contributed by atoms with E-state index in [1.165, 1.54) is 5.56 Å². The molecule has 0 saturated carbocycles. The third-order valence-electron chi connectivity index (χ3n) is 3.27. The van der Waals surface area contributed by atoms with Crippen LogP contribution in [0.5, 0.6) is 0 Å². The minimum Gasteiger partial charge on any atom is -0.399 e.